The van der Waals surface area contributed by atoms with E-state index in [4.69, 9.17) is 17.2 Å². The number of aryl methyl sites for hydroxylation is 1. The largest absolute Gasteiger partial charge is 0.368 e. The minimum absolute atomic E-state index is 0.0930. The molecular formula is C29H34FN5O4. The molecule has 0 fully saturated rings. The molecule has 0 aliphatic heterocycles. The van der Waals surface area contributed by atoms with Gasteiger partial charge in [0.2, 0.25) is 17.7 Å². The number of primary amides is 2. The van der Waals surface area contributed by atoms with E-state index in [0.717, 1.165) is 16.3 Å². The summed E-state index contributed by atoms with van der Waals surface area (Å²) in [7, 11) is 0. The van der Waals surface area contributed by atoms with Crippen LogP contribution in [0.5, 0.6) is 0 Å². The van der Waals surface area contributed by atoms with Gasteiger partial charge in [-0.05, 0) is 66.3 Å². The van der Waals surface area contributed by atoms with Crippen LogP contribution in [0.25, 0.3) is 10.8 Å². The molecule has 0 aliphatic carbocycles. The molecule has 0 radical (unpaired) electrons. The molecule has 3 rings (SSSR count). The van der Waals surface area contributed by atoms with Gasteiger partial charge in [-0.15, -0.1) is 0 Å². The normalized spacial score (nSPS) is 12.5. The molecule has 39 heavy (non-hydrogen) atoms. The maximum atomic E-state index is 13.5. The first-order valence-corrected chi connectivity index (χ1v) is 12.8. The molecule has 0 bridgehead atoms. The van der Waals surface area contributed by atoms with Gasteiger partial charge in [0.1, 0.15) is 17.9 Å². The van der Waals surface area contributed by atoms with Crippen molar-refractivity contribution in [3.05, 3.63) is 83.7 Å². The van der Waals surface area contributed by atoms with Gasteiger partial charge in [-0.25, -0.2) is 9.18 Å². The minimum Gasteiger partial charge on any atom is -0.368 e. The highest BCUT2D eigenvalue weighted by atomic mass is 19.1. The third-order valence-corrected chi connectivity index (χ3v) is 6.51. The van der Waals surface area contributed by atoms with Crippen molar-refractivity contribution >= 4 is 34.5 Å². The summed E-state index contributed by atoms with van der Waals surface area (Å²) in [4.78, 5) is 52.0. The Hall–Kier alpha value is -4.31. The summed E-state index contributed by atoms with van der Waals surface area (Å²) in [5.41, 5.74) is 18.0. The molecule has 0 heterocycles. The summed E-state index contributed by atoms with van der Waals surface area (Å²) in [6.45, 7) is 0.410. The van der Waals surface area contributed by atoms with Crippen molar-refractivity contribution in [1.29, 1.82) is 0 Å². The van der Waals surface area contributed by atoms with Crippen molar-refractivity contribution < 1.29 is 23.6 Å². The summed E-state index contributed by atoms with van der Waals surface area (Å²) >= 11 is 0. The van der Waals surface area contributed by atoms with E-state index in [0.29, 0.717) is 36.3 Å². The molecule has 0 aliphatic rings. The fourth-order valence-electron chi connectivity index (χ4n) is 4.41. The van der Waals surface area contributed by atoms with E-state index in [1.165, 1.54) is 24.3 Å². The van der Waals surface area contributed by atoms with Crippen LogP contribution in [0.1, 0.15) is 36.8 Å². The number of hydrogen-bond acceptors (Lipinski definition) is 5. The van der Waals surface area contributed by atoms with E-state index < -0.39 is 41.7 Å². The predicted molar refractivity (Wildman–Crippen MR) is 147 cm³/mol. The Morgan fingerprint density at radius 2 is 1.54 bits per heavy atom. The molecule has 5 amide bonds. The second-order valence-electron chi connectivity index (χ2n) is 9.38. The molecule has 10 heteroatoms. The second kappa shape index (κ2) is 14.0. The summed E-state index contributed by atoms with van der Waals surface area (Å²) in [5, 5.41) is 4.62. The number of rotatable bonds is 13. The molecule has 0 aromatic heterocycles. The van der Waals surface area contributed by atoms with Crippen molar-refractivity contribution in [3.63, 3.8) is 0 Å². The Bertz CT molecular complexity index is 1310. The molecule has 2 atom stereocenters. The number of halogens is 1. The lowest BCUT2D eigenvalue weighted by molar-refractivity contribution is -0.138. The maximum absolute atomic E-state index is 13.5. The Balaban J connectivity index is 1.83. The highest BCUT2D eigenvalue weighted by Crippen LogP contribution is 2.18. The fraction of sp³-hybridized carbons (Fsp3) is 0.310. The average Bonchev–Trinajstić information content (AvgIpc) is 2.91. The first-order valence-electron chi connectivity index (χ1n) is 12.8. The summed E-state index contributed by atoms with van der Waals surface area (Å²) < 4.78 is 13.5. The molecule has 1 unspecified atom stereocenters. The number of carbonyl (C=O) groups excluding carboxylic acids is 4. The lowest BCUT2D eigenvalue weighted by Gasteiger charge is -2.29. The van der Waals surface area contributed by atoms with Crippen LogP contribution in [-0.4, -0.2) is 47.3 Å². The number of imide groups is 1. The minimum atomic E-state index is -1.38. The predicted octanol–water partition coefficient (Wildman–Crippen LogP) is 2.53. The third-order valence-electron chi connectivity index (χ3n) is 6.51. The zero-order chi connectivity index (χ0) is 28.4. The van der Waals surface area contributed by atoms with Crippen molar-refractivity contribution in [2.45, 2.75) is 50.6 Å². The van der Waals surface area contributed by atoms with Crippen LogP contribution in [0.3, 0.4) is 0 Å². The van der Waals surface area contributed by atoms with Crippen molar-refractivity contribution in [3.8, 4) is 0 Å². The van der Waals surface area contributed by atoms with Crippen LogP contribution in [-0.2, 0) is 27.2 Å². The van der Waals surface area contributed by atoms with Crippen molar-refractivity contribution in [2.75, 3.05) is 6.54 Å². The van der Waals surface area contributed by atoms with Gasteiger partial charge in [0.25, 0.3) is 0 Å². The first kappa shape index (κ1) is 29.2. The number of urea groups is 1. The Labute approximate surface area is 226 Å². The van der Waals surface area contributed by atoms with E-state index in [-0.39, 0.29) is 19.3 Å². The van der Waals surface area contributed by atoms with Crippen LogP contribution in [0.4, 0.5) is 9.18 Å². The summed E-state index contributed by atoms with van der Waals surface area (Å²) in [6.07, 6.45) is 1.49. The topological polar surface area (TPSA) is 162 Å². The monoisotopic (exact) mass is 535 g/mol. The number of benzene rings is 3. The van der Waals surface area contributed by atoms with E-state index in [1.54, 1.807) is 0 Å². The lowest BCUT2D eigenvalue weighted by atomic mass is 10.0. The summed E-state index contributed by atoms with van der Waals surface area (Å²) in [5.74, 6) is -2.66. The van der Waals surface area contributed by atoms with Gasteiger partial charge in [0.05, 0.1) is 0 Å². The highest BCUT2D eigenvalue weighted by Gasteiger charge is 2.35. The number of fused-ring (bicyclic) bond motifs is 1. The van der Waals surface area contributed by atoms with E-state index in [1.807, 2.05) is 42.5 Å². The quantitative estimate of drug-likeness (QED) is 0.247. The van der Waals surface area contributed by atoms with Gasteiger partial charge < -0.3 is 22.5 Å². The zero-order valence-electron chi connectivity index (χ0n) is 21.6. The molecular weight excluding hydrogens is 501 g/mol. The summed E-state index contributed by atoms with van der Waals surface area (Å²) in [6, 6.07) is 15.4. The molecule has 0 spiro atoms. The number of hydrogen-bond donors (Lipinski definition) is 4. The number of unbranched alkanes of at least 4 members (excludes halogenated alkanes) is 1. The van der Waals surface area contributed by atoms with Gasteiger partial charge in [-0.3, -0.25) is 19.3 Å². The number of nitrogens with zero attached hydrogens (tertiary/aromatic N) is 1. The maximum Gasteiger partial charge on any atom is 0.322 e. The average molecular weight is 536 g/mol. The Morgan fingerprint density at radius 3 is 2.18 bits per heavy atom. The molecule has 3 aromatic carbocycles. The van der Waals surface area contributed by atoms with Crippen LogP contribution in [0.15, 0.2) is 66.7 Å². The van der Waals surface area contributed by atoms with Crippen LogP contribution < -0.4 is 22.5 Å². The van der Waals surface area contributed by atoms with Crippen molar-refractivity contribution in [2.24, 2.45) is 17.2 Å². The second-order valence-corrected chi connectivity index (χ2v) is 9.38. The van der Waals surface area contributed by atoms with Gasteiger partial charge in [0.15, 0.2) is 0 Å². The van der Waals surface area contributed by atoms with Crippen LogP contribution in [0.2, 0.25) is 0 Å². The molecule has 9 nitrogen and oxygen atoms in total. The molecule has 0 saturated heterocycles. The molecule has 0 saturated carbocycles. The van der Waals surface area contributed by atoms with E-state index in [2.05, 4.69) is 5.32 Å². The molecule has 7 N–H and O–H groups in total. The van der Waals surface area contributed by atoms with Gasteiger partial charge in [0, 0.05) is 12.8 Å². The zero-order valence-corrected chi connectivity index (χ0v) is 21.6. The number of amides is 5. The Kier molecular flexibility index (Phi) is 10.5. The van der Waals surface area contributed by atoms with Crippen LogP contribution >= 0.6 is 0 Å². The van der Waals surface area contributed by atoms with E-state index in [9.17, 15) is 23.6 Å². The van der Waals surface area contributed by atoms with Crippen molar-refractivity contribution in [1.82, 2.24) is 10.2 Å². The molecule has 3 aromatic rings. The SMILES string of the molecule is NCCCCC(NC(=O)[C@@H](Cc1ccc(F)cc1)N(C(N)=O)C(=O)CCc1ccc2ccccc2c1)C(N)=O. The molecule has 206 valence electrons. The number of carbonyl (C=O) groups is 4. The number of nitrogens with one attached hydrogen (secondary N) is 1. The number of nitrogens with two attached hydrogens (primary N) is 3. The highest BCUT2D eigenvalue weighted by molar-refractivity contribution is 6.00. The smallest absolute Gasteiger partial charge is 0.322 e. The standard InChI is InChI=1S/C29H34FN5O4/c30-23-13-9-20(10-14-23)18-25(28(38)34-24(27(32)37)7-3-4-16-31)35(29(33)39)26(36)15-11-19-8-12-21-5-1-2-6-22(21)17-19/h1-2,5-6,8-10,12-14,17,24-25H,3-4,7,11,15-16,18,31H2,(H2,32,37)(H2,33,39)(H,34,38)/t24?,25-/m1/s1. The fourth-order valence-corrected chi connectivity index (χ4v) is 4.41. The van der Waals surface area contributed by atoms with Gasteiger partial charge >= 0.3 is 6.03 Å². The Morgan fingerprint density at radius 1 is 0.872 bits per heavy atom. The van der Waals surface area contributed by atoms with E-state index >= 15 is 0 Å². The third kappa shape index (κ3) is 8.34. The van der Waals surface area contributed by atoms with Crippen LogP contribution in [0, 0.1) is 5.82 Å². The van der Waals surface area contributed by atoms with Gasteiger partial charge in [-0.2, -0.15) is 0 Å². The van der Waals surface area contributed by atoms with Gasteiger partial charge in [-0.1, -0.05) is 54.6 Å². The first-order chi connectivity index (χ1) is 18.7. The lowest BCUT2D eigenvalue weighted by Crippen LogP contribution is -2.58.